The third-order valence-electron chi connectivity index (χ3n) is 3.15. The molecule has 118 valence electrons. The van der Waals surface area contributed by atoms with Gasteiger partial charge < -0.3 is 14.8 Å². The Morgan fingerprint density at radius 3 is 2.48 bits per heavy atom. The van der Waals surface area contributed by atoms with E-state index in [4.69, 9.17) is 9.47 Å². The lowest BCUT2D eigenvalue weighted by Crippen LogP contribution is -2.37. The van der Waals surface area contributed by atoms with Crippen molar-refractivity contribution in [2.45, 2.75) is 71.3 Å². The number of hydrogen-bond donors (Lipinski definition) is 1. The predicted octanol–water partition coefficient (Wildman–Crippen LogP) is 3.78. The molecule has 1 N–H and O–H groups in total. The van der Waals surface area contributed by atoms with Gasteiger partial charge in [-0.15, -0.1) is 0 Å². The number of nitrogens with one attached hydrogen (secondary N) is 1. The SMILES string of the molecule is CC1CC(Nc2ncc(Br)c(OC(C)(C)C)n2)CC(C)O1. The summed E-state index contributed by atoms with van der Waals surface area (Å²) in [6, 6.07) is 0.326. The van der Waals surface area contributed by atoms with E-state index in [0.29, 0.717) is 17.9 Å². The number of halogens is 1. The molecule has 1 aliphatic rings. The average molecular weight is 358 g/mol. The Labute approximate surface area is 135 Å². The van der Waals surface area contributed by atoms with Gasteiger partial charge in [-0.2, -0.15) is 4.98 Å². The molecule has 0 bridgehead atoms. The normalized spacial score (nSPS) is 26.5. The number of nitrogens with zero attached hydrogens (tertiary/aromatic N) is 2. The van der Waals surface area contributed by atoms with E-state index in [1.807, 2.05) is 20.8 Å². The van der Waals surface area contributed by atoms with Crippen molar-refractivity contribution in [2.75, 3.05) is 5.32 Å². The minimum Gasteiger partial charge on any atom is -0.471 e. The minimum absolute atomic E-state index is 0.256. The summed E-state index contributed by atoms with van der Waals surface area (Å²) >= 11 is 3.43. The molecule has 2 rings (SSSR count). The molecule has 2 atom stereocenters. The highest BCUT2D eigenvalue weighted by Gasteiger charge is 2.25. The van der Waals surface area contributed by atoms with Crippen LogP contribution in [0.5, 0.6) is 5.88 Å². The lowest BCUT2D eigenvalue weighted by Gasteiger charge is -2.32. The van der Waals surface area contributed by atoms with Gasteiger partial charge in [-0.1, -0.05) is 0 Å². The van der Waals surface area contributed by atoms with E-state index in [0.717, 1.165) is 17.3 Å². The lowest BCUT2D eigenvalue weighted by atomic mass is 10.0. The van der Waals surface area contributed by atoms with Gasteiger partial charge in [0.05, 0.1) is 22.9 Å². The van der Waals surface area contributed by atoms with Gasteiger partial charge in [0.25, 0.3) is 0 Å². The van der Waals surface area contributed by atoms with Crippen LogP contribution in [0, 0.1) is 0 Å². The number of rotatable bonds is 3. The third kappa shape index (κ3) is 5.11. The molecule has 6 heteroatoms. The molecule has 0 amide bonds. The first-order valence-corrected chi connectivity index (χ1v) is 8.16. The number of hydrogen-bond acceptors (Lipinski definition) is 5. The topological polar surface area (TPSA) is 56.3 Å². The lowest BCUT2D eigenvalue weighted by molar-refractivity contribution is -0.0338. The Bertz CT molecular complexity index is 480. The average Bonchev–Trinajstić information content (AvgIpc) is 2.30. The molecule has 1 aromatic rings. The minimum atomic E-state index is -0.296. The third-order valence-corrected chi connectivity index (χ3v) is 3.69. The molecule has 0 aliphatic carbocycles. The summed E-state index contributed by atoms with van der Waals surface area (Å²) in [5, 5.41) is 3.39. The molecular formula is C15H24BrN3O2. The van der Waals surface area contributed by atoms with Gasteiger partial charge in [0, 0.05) is 6.04 Å². The van der Waals surface area contributed by atoms with Crippen LogP contribution >= 0.6 is 15.9 Å². The van der Waals surface area contributed by atoms with Crippen LogP contribution in [0.2, 0.25) is 0 Å². The highest BCUT2D eigenvalue weighted by atomic mass is 79.9. The van der Waals surface area contributed by atoms with Crippen molar-refractivity contribution < 1.29 is 9.47 Å². The zero-order chi connectivity index (χ0) is 15.6. The molecule has 0 saturated carbocycles. The van der Waals surface area contributed by atoms with Crippen molar-refractivity contribution in [3.8, 4) is 5.88 Å². The molecule has 2 unspecified atom stereocenters. The van der Waals surface area contributed by atoms with Crippen molar-refractivity contribution >= 4 is 21.9 Å². The van der Waals surface area contributed by atoms with Crippen molar-refractivity contribution in [2.24, 2.45) is 0 Å². The molecule has 1 aliphatic heterocycles. The standard InChI is InChI=1S/C15H24BrN3O2/c1-9-6-11(7-10(2)20-9)18-14-17-8-12(16)13(19-14)21-15(3,4)5/h8-11H,6-7H2,1-5H3,(H,17,18,19). The van der Waals surface area contributed by atoms with Crippen LogP contribution in [0.1, 0.15) is 47.5 Å². The second kappa shape index (κ2) is 6.48. The molecule has 1 aromatic heterocycles. The fourth-order valence-corrected chi connectivity index (χ4v) is 2.76. The van der Waals surface area contributed by atoms with Crippen molar-refractivity contribution in [1.82, 2.24) is 9.97 Å². The van der Waals surface area contributed by atoms with Crippen LogP contribution < -0.4 is 10.1 Å². The van der Waals surface area contributed by atoms with Crippen molar-refractivity contribution in [3.05, 3.63) is 10.7 Å². The van der Waals surface area contributed by atoms with Crippen LogP contribution in [-0.4, -0.2) is 33.8 Å². The van der Waals surface area contributed by atoms with E-state index in [9.17, 15) is 0 Å². The van der Waals surface area contributed by atoms with E-state index in [2.05, 4.69) is 45.1 Å². The molecule has 1 fully saturated rings. The van der Waals surface area contributed by atoms with Crippen molar-refractivity contribution in [3.63, 3.8) is 0 Å². The van der Waals surface area contributed by atoms with E-state index in [1.54, 1.807) is 6.20 Å². The van der Waals surface area contributed by atoms with Crippen LogP contribution in [0.4, 0.5) is 5.95 Å². The zero-order valence-corrected chi connectivity index (χ0v) is 14.9. The largest absolute Gasteiger partial charge is 0.471 e. The van der Waals surface area contributed by atoms with Crippen LogP contribution in [0.25, 0.3) is 0 Å². The quantitative estimate of drug-likeness (QED) is 0.891. The summed E-state index contributed by atoms with van der Waals surface area (Å²) in [7, 11) is 0. The van der Waals surface area contributed by atoms with E-state index in [-0.39, 0.29) is 17.8 Å². The Balaban J connectivity index is 2.08. The monoisotopic (exact) mass is 357 g/mol. The Morgan fingerprint density at radius 2 is 1.90 bits per heavy atom. The van der Waals surface area contributed by atoms with Gasteiger partial charge in [0.1, 0.15) is 5.60 Å². The second-order valence-electron chi connectivity index (χ2n) is 6.63. The maximum absolute atomic E-state index is 5.84. The molecule has 5 nitrogen and oxygen atoms in total. The zero-order valence-electron chi connectivity index (χ0n) is 13.3. The van der Waals surface area contributed by atoms with Gasteiger partial charge >= 0.3 is 0 Å². The molecule has 0 spiro atoms. The van der Waals surface area contributed by atoms with Gasteiger partial charge in [-0.3, -0.25) is 0 Å². The van der Waals surface area contributed by atoms with Gasteiger partial charge in [-0.05, 0) is 63.4 Å². The molecule has 21 heavy (non-hydrogen) atoms. The van der Waals surface area contributed by atoms with Gasteiger partial charge in [-0.25, -0.2) is 4.98 Å². The highest BCUT2D eigenvalue weighted by molar-refractivity contribution is 9.10. The van der Waals surface area contributed by atoms with Crippen LogP contribution in [-0.2, 0) is 4.74 Å². The highest BCUT2D eigenvalue weighted by Crippen LogP contribution is 2.27. The van der Waals surface area contributed by atoms with Crippen LogP contribution in [0.3, 0.4) is 0 Å². The maximum Gasteiger partial charge on any atom is 0.233 e. The van der Waals surface area contributed by atoms with E-state index >= 15 is 0 Å². The first-order chi connectivity index (χ1) is 9.73. The fourth-order valence-electron chi connectivity index (χ4n) is 2.49. The Morgan fingerprint density at radius 1 is 1.29 bits per heavy atom. The summed E-state index contributed by atoms with van der Waals surface area (Å²) in [5.74, 6) is 1.16. The Hall–Kier alpha value is -0.880. The molecular weight excluding hydrogens is 334 g/mol. The fraction of sp³-hybridized carbons (Fsp3) is 0.733. The first kappa shape index (κ1) is 16.5. The van der Waals surface area contributed by atoms with Gasteiger partial charge in [0.15, 0.2) is 0 Å². The molecule has 1 saturated heterocycles. The molecule has 2 heterocycles. The number of ether oxygens (including phenoxy) is 2. The summed E-state index contributed by atoms with van der Waals surface area (Å²) in [6.45, 7) is 10.2. The Kier molecular flexibility index (Phi) is 5.09. The molecule has 0 aromatic carbocycles. The number of aromatic nitrogens is 2. The summed E-state index contributed by atoms with van der Waals surface area (Å²) < 4.78 is 12.4. The van der Waals surface area contributed by atoms with E-state index < -0.39 is 0 Å². The molecule has 0 radical (unpaired) electrons. The summed E-state index contributed by atoms with van der Waals surface area (Å²) in [4.78, 5) is 8.79. The smallest absolute Gasteiger partial charge is 0.233 e. The maximum atomic E-state index is 5.84. The predicted molar refractivity (Wildman–Crippen MR) is 86.8 cm³/mol. The van der Waals surface area contributed by atoms with Crippen molar-refractivity contribution in [1.29, 1.82) is 0 Å². The second-order valence-corrected chi connectivity index (χ2v) is 7.49. The summed E-state index contributed by atoms with van der Waals surface area (Å²) in [6.07, 6.45) is 4.15. The number of anilines is 1. The van der Waals surface area contributed by atoms with Crippen LogP contribution in [0.15, 0.2) is 10.7 Å². The summed E-state index contributed by atoms with van der Waals surface area (Å²) in [5.41, 5.74) is -0.296. The van der Waals surface area contributed by atoms with E-state index in [1.165, 1.54) is 0 Å². The first-order valence-electron chi connectivity index (χ1n) is 7.36. The van der Waals surface area contributed by atoms with Gasteiger partial charge in [0.2, 0.25) is 11.8 Å².